The lowest BCUT2D eigenvalue weighted by Gasteiger charge is -2.16. The van der Waals surface area contributed by atoms with Crippen LogP contribution in [0.5, 0.6) is 0 Å². The minimum Gasteiger partial charge on any atom is -0.322 e. The van der Waals surface area contributed by atoms with Crippen molar-refractivity contribution in [2.45, 2.75) is 32.9 Å². The van der Waals surface area contributed by atoms with Crippen molar-refractivity contribution in [1.29, 1.82) is 0 Å². The molecule has 2 N–H and O–H groups in total. The molecule has 3 heteroatoms. The lowest BCUT2D eigenvalue weighted by Crippen LogP contribution is -2.19. The topological polar surface area (TPSA) is 43.8 Å². The Hall–Kier alpha value is -2.13. The van der Waals surface area contributed by atoms with Gasteiger partial charge in [-0.15, -0.1) is 0 Å². The average molecular weight is 293 g/mol. The number of nitrogens with zero attached hydrogens (tertiary/aromatic N) is 2. The number of hydrogen-bond donors (Lipinski definition) is 1. The average Bonchev–Trinajstić information content (AvgIpc) is 2.87. The molecule has 1 unspecified atom stereocenters. The van der Waals surface area contributed by atoms with Crippen molar-refractivity contribution in [1.82, 2.24) is 9.55 Å². The van der Waals surface area contributed by atoms with E-state index in [-0.39, 0.29) is 6.04 Å². The molecule has 0 saturated carbocycles. The zero-order valence-corrected chi connectivity index (χ0v) is 13.2. The number of benzene rings is 2. The molecular weight excluding hydrogens is 270 g/mol. The molecule has 0 aliphatic heterocycles. The minimum atomic E-state index is -0.0314. The molecule has 2 aromatic carbocycles. The van der Waals surface area contributed by atoms with Crippen molar-refractivity contribution < 1.29 is 0 Å². The van der Waals surface area contributed by atoms with Crippen LogP contribution in [-0.4, -0.2) is 9.55 Å². The van der Waals surface area contributed by atoms with Gasteiger partial charge in [-0.2, -0.15) is 0 Å². The summed E-state index contributed by atoms with van der Waals surface area (Å²) in [7, 11) is 0. The first kappa shape index (κ1) is 14.8. The van der Waals surface area contributed by atoms with Crippen LogP contribution in [0.1, 0.15) is 37.7 Å². The van der Waals surface area contributed by atoms with Gasteiger partial charge in [0.05, 0.1) is 17.1 Å². The minimum absolute atomic E-state index is 0.0314. The number of aromatic nitrogens is 2. The molecule has 0 fully saturated rings. The van der Waals surface area contributed by atoms with Gasteiger partial charge in [0, 0.05) is 6.54 Å². The highest BCUT2D eigenvalue weighted by atomic mass is 15.1. The molecule has 1 aromatic heterocycles. The molecule has 0 saturated heterocycles. The van der Waals surface area contributed by atoms with E-state index in [1.807, 2.05) is 12.1 Å². The van der Waals surface area contributed by atoms with Gasteiger partial charge >= 0.3 is 0 Å². The molecule has 3 rings (SSSR count). The SMILES string of the molecule is CC(C)CC(N)c1nc2ccccc2n1Cc1ccccc1. The van der Waals surface area contributed by atoms with Crippen molar-refractivity contribution in [2.75, 3.05) is 0 Å². The van der Waals surface area contributed by atoms with Gasteiger partial charge in [-0.05, 0) is 30.0 Å². The molecule has 3 nitrogen and oxygen atoms in total. The number of hydrogen-bond acceptors (Lipinski definition) is 2. The number of imidazole rings is 1. The van der Waals surface area contributed by atoms with Crippen LogP contribution >= 0.6 is 0 Å². The van der Waals surface area contributed by atoms with E-state index in [4.69, 9.17) is 10.7 Å². The highest BCUT2D eigenvalue weighted by Crippen LogP contribution is 2.24. The van der Waals surface area contributed by atoms with E-state index in [0.717, 1.165) is 29.8 Å². The lowest BCUT2D eigenvalue weighted by atomic mass is 10.0. The summed E-state index contributed by atoms with van der Waals surface area (Å²) >= 11 is 0. The Bertz CT molecular complexity index is 744. The van der Waals surface area contributed by atoms with Crippen molar-refractivity contribution >= 4 is 11.0 Å². The monoisotopic (exact) mass is 293 g/mol. The first-order valence-corrected chi connectivity index (χ1v) is 7.90. The molecular formula is C19H23N3. The molecule has 0 aliphatic carbocycles. The summed E-state index contributed by atoms with van der Waals surface area (Å²) in [6, 6.07) is 18.7. The van der Waals surface area contributed by atoms with E-state index in [0.29, 0.717) is 5.92 Å². The Morgan fingerprint density at radius 2 is 1.68 bits per heavy atom. The smallest absolute Gasteiger partial charge is 0.127 e. The van der Waals surface area contributed by atoms with Gasteiger partial charge < -0.3 is 10.3 Å². The quantitative estimate of drug-likeness (QED) is 0.768. The van der Waals surface area contributed by atoms with Crippen LogP contribution in [0, 0.1) is 5.92 Å². The molecule has 3 aromatic rings. The highest BCUT2D eigenvalue weighted by Gasteiger charge is 2.18. The first-order chi connectivity index (χ1) is 10.6. The largest absolute Gasteiger partial charge is 0.322 e. The molecule has 22 heavy (non-hydrogen) atoms. The third-order valence-corrected chi connectivity index (χ3v) is 3.92. The molecule has 114 valence electrons. The Balaban J connectivity index is 2.05. The summed E-state index contributed by atoms with van der Waals surface area (Å²) < 4.78 is 2.26. The summed E-state index contributed by atoms with van der Waals surface area (Å²) in [6.07, 6.45) is 0.943. The fourth-order valence-electron chi connectivity index (χ4n) is 2.92. The molecule has 0 aliphatic rings. The van der Waals surface area contributed by atoms with Crippen LogP contribution in [-0.2, 0) is 6.54 Å². The second-order valence-corrected chi connectivity index (χ2v) is 6.27. The van der Waals surface area contributed by atoms with Crippen LogP contribution in [0.25, 0.3) is 11.0 Å². The first-order valence-electron chi connectivity index (χ1n) is 7.90. The van der Waals surface area contributed by atoms with E-state index < -0.39 is 0 Å². The van der Waals surface area contributed by atoms with E-state index in [1.165, 1.54) is 5.56 Å². The van der Waals surface area contributed by atoms with Gasteiger partial charge in [-0.25, -0.2) is 4.98 Å². The van der Waals surface area contributed by atoms with E-state index in [2.05, 4.69) is 60.9 Å². The summed E-state index contributed by atoms with van der Waals surface area (Å²) in [6.45, 7) is 5.20. The maximum Gasteiger partial charge on any atom is 0.127 e. The summed E-state index contributed by atoms with van der Waals surface area (Å²) in [5, 5.41) is 0. The Labute approximate surface area is 131 Å². The molecule has 1 heterocycles. The predicted molar refractivity (Wildman–Crippen MR) is 91.7 cm³/mol. The third kappa shape index (κ3) is 3.04. The Kier molecular flexibility index (Phi) is 4.25. The summed E-state index contributed by atoms with van der Waals surface area (Å²) in [5.74, 6) is 1.54. The lowest BCUT2D eigenvalue weighted by molar-refractivity contribution is 0.481. The zero-order valence-electron chi connectivity index (χ0n) is 13.2. The summed E-state index contributed by atoms with van der Waals surface area (Å²) in [4.78, 5) is 4.80. The second kappa shape index (κ2) is 6.32. The Morgan fingerprint density at radius 3 is 2.41 bits per heavy atom. The van der Waals surface area contributed by atoms with Crippen LogP contribution in [0.4, 0.5) is 0 Å². The van der Waals surface area contributed by atoms with E-state index in [1.54, 1.807) is 0 Å². The van der Waals surface area contributed by atoms with Crippen molar-refractivity contribution in [2.24, 2.45) is 11.7 Å². The fourth-order valence-corrected chi connectivity index (χ4v) is 2.92. The van der Waals surface area contributed by atoms with E-state index >= 15 is 0 Å². The van der Waals surface area contributed by atoms with E-state index in [9.17, 15) is 0 Å². The second-order valence-electron chi connectivity index (χ2n) is 6.27. The van der Waals surface area contributed by atoms with Crippen LogP contribution in [0.2, 0.25) is 0 Å². The fraction of sp³-hybridized carbons (Fsp3) is 0.316. The van der Waals surface area contributed by atoms with Gasteiger partial charge in [-0.3, -0.25) is 0 Å². The molecule has 0 amide bonds. The zero-order chi connectivity index (χ0) is 15.5. The van der Waals surface area contributed by atoms with Crippen molar-refractivity contribution in [3.05, 3.63) is 66.0 Å². The molecule has 0 radical (unpaired) electrons. The van der Waals surface area contributed by atoms with Crippen LogP contribution in [0.15, 0.2) is 54.6 Å². The summed E-state index contributed by atoms with van der Waals surface area (Å²) in [5.41, 5.74) is 9.87. The molecule has 0 spiro atoms. The van der Waals surface area contributed by atoms with Crippen LogP contribution in [0.3, 0.4) is 0 Å². The highest BCUT2D eigenvalue weighted by molar-refractivity contribution is 5.76. The van der Waals surface area contributed by atoms with Gasteiger partial charge in [0.2, 0.25) is 0 Å². The van der Waals surface area contributed by atoms with Gasteiger partial charge in [0.1, 0.15) is 5.82 Å². The maximum atomic E-state index is 6.43. The Morgan fingerprint density at radius 1 is 1.00 bits per heavy atom. The third-order valence-electron chi connectivity index (χ3n) is 3.92. The normalized spacial score (nSPS) is 12.9. The van der Waals surface area contributed by atoms with Gasteiger partial charge in [0.15, 0.2) is 0 Å². The van der Waals surface area contributed by atoms with Crippen molar-refractivity contribution in [3.8, 4) is 0 Å². The molecule has 0 bridgehead atoms. The number of para-hydroxylation sites is 2. The van der Waals surface area contributed by atoms with Gasteiger partial charge in [0.25, 0.3) is 0 Å². The van der Waals surface area contributed by atoms with Crippen molar-refractivity contribution in [3.63, 3.8) is 0 Å². The number of nitrogens with two attached hydrogens (primary N) is 1. The predicted octanol–water partition coefficient (Wildman–Crippen LogP) is 4.13. The standard InChI is InChI=1S/C19H23N3/c1-14(2)12-16(20)19-21-17-10-6-7-11-18(17)22(19)13-15-8-4-3-5-9-15/h3-11,14,16H,12-13,20H2,1-2H3. The number of rotatable bonds is 5. The number of fused-ring (bicyclic) bond motifs is 1. The van der Waals surface area contributed by atoms with Crippen LogP contribution < -0.4 is 5.73 Å². The maximum absolute atomic E-state index is 6.43. The molecule has 1 atom stereocenters. The van der Waals surface area contributed by atoms with Gasteiger partial charge in [-0.1, -0.05) is 56.3 Å².